The molecule has 0 spiro atoms. The van der Waals surface area contributed by atoms with Gasteiger partial charge >= 0.3 is 0 Å². The second-order valence-corrected chi connectivity index (χ2v) is 3.81. The predicted octanol–water partition coefficient (Wildman–Crippen LogP) is 1.26. The molecule has 2 N–H and O–H groups in total. The first-order valence-electron chi connectivity index (χ1n) is 4.72. The zero-order valence-corrected chi connectivity index (χ0v) is 7.83. The van der Waals surface area contributed by atoms with Gasteiger partial charge in [0.25, 0.3) is 0 Å². The molecule has 1 aromatic rings. The molecular weight excluding hydrogens is 162 g/mol. The van der Waals surface area contributed by atoms with Gasteiger partial charge in [0.1, 0.15) is 5.60 Å². The highest BCUT2D eigenvalue weighted by molar-refractivity contribution is 5.24. The van der Waals surface area contributed by atoms with Crippen molar-refractivity contribution in [1.82, 2.24) is 5.32 Å². The van der Waals surface area contributed by atoms with Crippen molar-refractivity contribution in [1.29, 1.82) is 0 Å². The average molecular weight is 177 g/mol. The third-order valence-corrected chi connectivity index (χ3v) is 2.86. The van der Waals surface area contributed by atoms with Crippen molar-refractivity contribution in [2.24, 2.45) is 0 Å². The lowest BCUT2D eigenvalue weighted by molar-refractivity contribution is -0.00908. The highest BCUT2D eigenvalue weighted by Crippen LogP contribution is 2.28. The molecule has 2 atom stereocenters. The van der Waals surface area contributed by atoms with Crippen LogP contribution in [0.15, 0.2) is 30.3 Å². The smallest absolute Gasteiger partial charge is 0.102 e. The Morgan fingerprint density at radius 3 is 2.46 bits per heavy atom. The third kappa shape index (κ3) is 1.47. The highest BCUT2D eigenvalue weighted by Gasteiger charge is 2.36. The van der Waals surface area contributed by atoms with Gasteiger partial charge < -0.3 is 10.4 Å². The number of hydrogen-bond acceptors (Lipinski definition) is 2. The molecule has 1 aliphatic rings. The van der Waals surface area contributed by atoms with Crippen molar-refractivity contribution < 1.29 is 5.11 Å². The third-order valence-electron chi connectivity index (χ3n) is 2.86. The minimum Gasteiger partial charge on any atom is -0.384 e. The summed E-state index contributed by atoms with van der Waals surface area (Å²) in [5, 5.41) is 13.5. The molecule has 70 valence electrons. The van der Waals surface area contributed by atoms with Crippen LogP contribution in [0, 0.1) is 0 Å². The fraction of sp³-hybridized carbons (Fsp3) is 0.455. The summed E-state index contributed by atoms with van der Waals surface area (Å²) in [5.41, 5.74) is 0.270. The minimum atomic E-state index is -0.723. The lowest BCUT2D eigenvalue weighted by atomic mass is 9.83. The van der Waals surface area contributed by atoms with Crippen LogP contribution in [0.3, 0.4) is 0 Å². The maximum absolute atomic E-state index is 10.2. The zero-order chi connectivity index (χ0) is 9.31. The van der Waals surface area contributed by atoms with E-state index < -0.39 is 5.60 Å². The molecule has 13 heavy (non-hydrogen) atoms. The molecule has 0 bridgehead atoms. The summed E-state index contributed by atoms with van der Waals surface area (Å²) in [5.74, 6) is 0. The molecular formula is C11H15NO. The van der Waals surface area contributed by atoms with E-state index in [1.165, 1.54) is 0 Å². The topological polar surface area (TPSA) is 32.3 Å². The molecule has 2 nitrogen and oxygen atoms in total. The van der Waals surface area contributed by atoms with Gasteiger partial charge in [-0.3, -0.25) is 0 Å². The fourth-order valence-electron chi connectivity index (χ4n) is 1.75. The summed E-state index contributed by atoms with van der Waals surface area (Å²) < 4.78 is 0. The normalized spacial score (nSPS) is 26.2. The van der Waals surface area contributed by atoms with E-state index in [2.05, 4.69) is 5.32 Å². The van der Waals surface area contributed by atoms with Crippen LogP contribution in [0.5, 0.6) is 0 Å². The van der Waals surface area contributed by atoms with E-state index in [-0.39, 0.29) is 6.04 Å². The van der Waals surface area contributed by atoms with Crippen LogP contribution in [0.4, 0.5) is 0 Å². The average Bonchev–Trinajstić information content (AvgIpc) is 2.02. The van der Waals surface area contributed by atoms with Crippen LogP contribution in [0.25, 0.3) is 0 Å². The molecule has 0 aromatic heterocycles. The lowest BCUT2D eigenvalue weighted by Gasteiger charge is -2.40. The number of hydrogen-bond donors (Lipinski definition) is 2. The Morgan fingerprint density at radius 1 is 1.38 bits per heavy atom. The maximum Gasteiger partial charge on any atom is 0.102 e. The zero-order valence-electron chi connectivity index (χ0n) is 7.83. The van der Waals surface area contributed by atoms with Crippen LogP contribution < -0.4 is 5.32 Å². The van der Waals surface area contributed by atoms with Gasteiger partial charge in [0.05, 0.1) is 0 Å². The number of nitrogens with one attached hydrogen (secondary N) is 1. The molecule has 0 radical (unpaired) electrons. The number of rotatable bonds is 2. The van der Waals surface area contributed by atoms with Crippen LogP contribution in [-0.2, 0) is 5.60 Å². The summed E-state index contributed by atoms with van der Waals surface area (Å²) in [6.45, 7) is 2.90. The van der Waals surface area contributed by atoms with E-state index in [9.17, 15) is 5.11 Å². The fourth-order valence-corrected chi connectivity index (χ4v) is 1.75. The van der Waals surface area contributed by atoms with Gasteiger partial charge in [-0.25, -0.2) is 0 Å². The van der Waals surface area contributed by atoms with Crippen molar-refractivity contribution in [3.63, 3.8) is 0 Å². The van der Waals surface area contributed by atoms with E-state index in [4.69, 9.17) is 0 Å². The van der Waals surface area contributed by atoms with Crippen LogP contribution in [-0.4, -0.2) is 17.7 Å². The molecule has 1 fully saturated rings. The van der Waals surface area contributed by atoms with E-state index in [1.807, 2.05) is 37.3 Å². The largest absolute Gasteiger partial charge is 0.384 e. The van der Waals surface area contributed by atoms with Crippen LogP contribution in [0.1, 0.15) is 18.9 Å². The van der Waals surface area contributed by atoms with Crippen molar-refractivity contribution in [3.8, 4) is 0 Å². The Kier molecular flexibility index (Phi) is 2.10. The Labute approximate surface area is 78.6 Å². The SMILES string of the molecule is C[C@@](O)(c1ccccc1)C1CCN1. The second-order valence-electron chi connectivity index (χ2n) is 3.81. The van der Waals surface area contributed by atoms with Crippen molar-refractivity contribution in [2.45, 2.75) is 25.0 Å². The van der Waals surface area contributed by atoms with Crippen molar-refractivity contribution in [3.05, 3.63) is 35.9 Å². The van der Waals surface area contributed by atoms with E-state index in [0.29, 0.717) is 0 Å². The first-order chi connectivity index (χ1) is 6.21. The summed E-state index contributed by atoms with van der Waals surface area (Å²) in [4.78, 5) is 0. The Balaban J connectivity index is 2.23. The van der Waals surface area contributed by atoms with Gasteiger partial charge in [0, 0.05) is 6.04 Å². The van der Waals surface area contributed by atoms with Crippen LogP contribution in [0.2, 0.25) is 0 Å². The predicted molar refractivity (Wildman–Crippen MR) is 52.4 cm³/mol. The van der Waals surface area contributed by atoms with Crippen molar-refractivity contribution >= 4 is 0 Å². The van der Waals surface area contributed by atoms with Gasteiger partial charge in [-0.1, -0.05) is 30.3 Å². The molecule has 0 saturated carbocycles. The quantitative estimate of drug-likeness (QED) is 0.712. The van der Waals surface area contributed by atoms with E-state index in [0.717, 1.165) is 18.5 Å². The standard InChI is InChI=1S/C11H15NO/c1-11(13,10-7-8-12-10)9-5-3-2-4-6-9/h2-6,10,12-13H,7-8H2,1H3/t10?,11-/m1/s1. The second kappa shape index (κ2) is 3.13. The summed E-state index contributed by atoms with van der Waals surface area (Å²) >= 11 is 0. The Bertz CT molecular complexity index is 277. The Hall–Kier alpha value is -0.860. The number of benzene rings is 1. The molecule has 1 saturated heterocycles. The van der Waals surface area contributed by atoms with Gasteiger partial charge in [-0.15, -0.1) is 0 Å². The highest BCUT2D eigenvalue weighted by atomic mass is 16.3. The minimum absolute atomic E-state index is 0.218. The first-order valence-corrected chi connectivity index (χ1v) is 4.72. The lowest BCUT2D eigenvalue weighted by Crippen LogP contribution is -2.55. The number of aliphatic hydroxyl groups is 1. The van der Waals surface area contributed by atoms with Gasteiger partial charge in [-0.05, 0) is 25.5 Å². The maximum atomic E-state index is 10.2. The first kappa shape index (κ1) is 8.73. The monoisotopic (exact) mass is 177 g/mol. The van der Waals surface area contributed by atoms with E-state index >= 15 is 0 Å². The molecule has 0 amide bonds. The van der Waals surface area contributed by atoms with Crippen molar-refractivity contribution in [2.75, 3.05) is 6.54 Å². The molecule has 1 aromatic carbocycles. The van der Waals surface area contributed by atoms with Crippen LogP contribution >= 0.6 is 0 Å². The molecule has 1 unspecified atom stereocenters. The molecule has 1 heterocycles. The summed E-state index contributed by atoms with van der Waals surface area (Å²) in [6.07, 6.45) is 1.06. The molecule has 1 aliphatic heterocycles. The summed E-state index contributed by atoms with van der Waals surface area (Å²) in [7, 11) is 0. The molecule has 2 rings (SSSR count). The van der Waals surface area contributed by atoms with E-state index in [1.54, 1.807) is 0 Å². The molecule has 0 aliphatic carbocycles. The Morgan fingerprint density at radius 2 is 2.00 bits per heavy atom. The summed E-state index contributed by atoms with van der Waals surface area (Å²) in [6, 6.07) is 10.0. The van der Waals surface area contributed by atoms with Gasteiger partial charge in [0.2, 0.25) is 0 Å². The molecule has 2 heteroatoms. The van der Waals surface area contributed by atoms with Gasteiger partial charge in [-0.2, -0.15) is 0 Å². The van der Waals surface area contributed by atoms with Gasteiger partial charge in [0.15, 0.2) is 0 Å².